The molecule has 0 aliphatic carbocycles. The number of pyridine rings is 1. The molecule has 1 aromatic carbocycles. The zero-order valence-electron chi connectivity index (χ0n) is 12.5. The highest BCUT2D eigenvalue weighted by atomic mass is 19.4. The van der Waals surface area contributed by atoms with E-state index in [1.807, 2.05) is 6.07 Å². The Balaban J connectivity index is 1.74. The highest BCUT2D eigenvalue weighted by Crippen LogP contribution is 2.29. The van der Waals surface area contributed by atoms with Crippen molar-refractivity contribution in [1.29, 1.82) is 0 Å². The maximum absolute atomic E-state index is 12.5. The second-order valence-corrected chi connectivity index (χ2v) is 5.00. The lowest BCUT2D eigenvalue weighted by Gasteiger charge is -2.04. The molecule has 0 amide bonds. The largest absolute Gasteiger partial charge is 0.481 e. The van der Waals surface area contributed by atoms with E-state index in [-0.39, 0.29) is 5.82 Å². The van der Waals surface area contributed by atoms with E-state index in [1.54, 1.807) is 43.6 Å². The molecule has 0 saturated heterocycles. The van der Waals surface area contributed by atoms with E-state index in [9.17, 15) is 13.2 Å². The first-order chi connectivity index (χ1) is 11.5. The number of hydrogen-bond acceptors (Lipinski definition) is 5. The number of nitrogens with zero attached hydrogens (tertiary/aromatic N) is 3. The molecule has 0 spiro atoms. The first kappa shape index (κ1) is 16.0. The smallest absolute Gasteiger partial charge is 0.471 e. The Morgan fingerprint density at radius 1 is 1.04 bits per heavy atom. The molecule has 3 rings (SSSR count). The van der Waals surface area contributed by atoms with Gasteiger partial charge in [-0.1, -0.05) is 35.5 Å². The Hall–Kier alpha value is -2.90. The van der Waals surface area contributed by atoms with Crippen LogP contribution in [0.3, 0.4) is 0 Å². The highest BCUT2D eigenvalue weighted by molar-refractivity contribution is 5.54. The van der Waals surface area contributed by atoms with Crippen LogP contribution in [0.25, 0.3) is 11.4 Å². The van der Waals surface area contributed by atoms with Crippen molar-refractivity contribution in [3.05, 3.63) is 59.6 Å². The van der Waals surface area contributed by atoms with Gasteiger partial charge in [-0.15, -0.1) is 0 Å². The Morgan fingerprint density at radius 3 is 2.29 bits per heavy atom. The summed E-state index contributed by atoms with van der Waals surface area (Å²) in [5.41, 5.74) is 2.42. The summed E-state index contributed by atoms with van der Waals surface area (Å²) in [7, 11) is 1.54. The molecule has 0 aliphatic heterocycles. The van der Waals surface area contributed by atoms with Crippen LogP contribution in [0.5, 0.6) is 5.88 Å². The van der Waals surface area contributed by atoms with Gasteiger partial charge in [0.1, 0.15) is 0 Å². The second kappa shape index (κ2) is 6.31. The molecule has 8 heteroatoms. The maximum Gasteiger partial charge on any atom is 0.471 e. The molecule has 124 valence electrons. The molecular formula is C16H12F3N3O2. The molecule has 0 bridgehead atoms. The van der Waals surface area contributed by atoms with Crippen LogP contribution in [0, 0.1) is 0 Å². The number of alkyl halides is 3. The van der Waals surface area contributed by atoms with Crippen LogP contribution in [0.2, 0.25) is 0 Å². The molecule has 5 nitrogen and oxygen atoms in total. The average Bonchev–Trinajstić information content (AvgIpc) is 3.07. The van der Waals surface area contributed by atoms with E-state index in [0.29, 0.717) is 17.9 Å². The van der Waals surface area contributed by atoms with E-state index >= 15 is 0 Å². The van der Waals surface area contributed by atoms with Gasteiger partial charge in [0.2, 0.25) is 11.7 Å². The zero-order valence-corrected chi connectivity index (χ0v) is 12.5. The average molecular weight is 335 g/mol. The van der Waals surface area contributed by atoms with E-state index < -0.39 is 12.1 Å². The topological polar surface area (TPSA) is 61.0 Å². The standard InChI is InChI=1S/C16H12F3N3O2/c1-23-13-7-4-11(9-20-13)8-10-2-5-12(6-3-10)14-21-15(24-22-14)16(17,18)19/h2-7,9H,8H2,1H3. The summed E-state index contributed by atoms with van der Waals surface area (Å²) in [6.07, 6.45) is -2.30. The number of rotatable bonds is 4. The van der Waals surface area contributed by atoms with Crippen molar-refractivity contribution < 1.29 is 22.4 Å². The number of methoxy groups -OCH3 is 1. The SMILES string of the molecule is COc1ccc(Cc2ccc(-c3noc(C(F)(F)F)n3)cc2)cn1. The monoisotopic (exact) mass is 335 g/mol. The van der Waals surface area contributed by atoms with Crippen LogP contribution in [0.1, 0.15) is 17.0 Å². The predicted molar refractivity (Wildman–Crippen MR) is 78.3 cm³/mol. The summed E-state index contributed by atoms with van der Waals surface area (Å²) in [6, 6.07) is 10.6. The minimum atomic E-state index is -4.65. The van der Waals surface area contributed by atoms with Crippen molar-refractivity contribution in [1.82, 2.24) is 15.1 Å². The molecular weight excluding hydrogens is 323 g/mol. The lowest BCUT2D eigenvalue weighted by Crippen LogP contribution is -2.04. The van der Waals surface area contributed by atoms with Gasteiger partial charge in [0, 0.05) is 17.8 Å². The summed E-state index contributed by atoms with van der Waals surface area (Å²) < 4.78 is 46.6. The number of hydrogen-bond donors (Lipinski definition) is 0. The molecule has 3 aromatic rings. The van der Waals surface area contributed by atoms with Crippen LogP contribution >= 0.6 is 0 Å². The van der Waals surface area contributed by atoms with Crippen molar-refractivity contribution in [3.63, 3.8) is 0 Å². The van der Waals surface area contributed by atoms with Crippen LogP contribution in [0.15, 0.2) is 47.1 Å². The lowest BCUT2D eigenvalue weighted by atomic mass is 10.0. The van der Waals surface area contributed by atoms with Gasteiger partial charge in [0.05, 0.1) is 7.11 Å². The first-order valence-corrected chi connectivity index (χ1v) is 6.95. The normalized spacial score (nSPS) is 11.5. The van der Waals surface area contributed by atoms with Crippen LogP contribution < -0.4 is 4.74 Å². The van der Waals surface area contributed by atoms with Gasteiger partial charge in [-0.2, -0.15) is 18.2 Å². The van der Waals surface area contributed by atoms with Crippen molar-refractivity contribution >= 4 is 0 Å². The predicted octanol–water partition coefficient (Wildman–Crippen LogP) is 3.75. The van der Waals surface area contributed by atoms with Crippen molar-refractivity contribution in [2.75, 3.05) is 7.11 Å². The maximum atomic E-state index is 12.5. The number of ether oxygens (including phenoxy) is 1. The highest BCUT2D eigenvalue weighted by Gasteiger charge is 2.38. The number of halogens is 3. The van der Waals surface area contributed by atoms with Crippen molar-refractivity contribution in [2.45, 2.75) is 12.6 Å². The third kappa shape index (κ3) is 3.53. The minimum Gasteiger partial charge on any atom is -0.481 e. The summed E-state index contributed by atoms with van der Waals surface area (Å²) in [5, 5.41) is 3.36. The third-order valence-electron chi connectivity index (χ3n) is 3.30. The Morgan fingerprint density at radius 2 is 1.75 bits per heavy atom. The van der Waals surface area contributed by atoms with Gasteiger partial charge in [0.15, 0.2) is 0 Å². The molecule has 0 N–H and O–H groups in total. The summed E-state index contributed by atoms with van der Waals surface area (Å²) in [4.78, 5) is 7.48. The molecule has 24 heavy (non-hydrogen) atoms. The fraction of sp³-hybridized carbons (Fsp3) is 0.188. The number of benzene rings is 1. The molecule has 0 atom stereocenters. The van der Waals surface area contributed by atoms with Gasteiger partial charge in [-0.05, 0) is 17.5 Å². The van der Waals surface area contributed by atoms with Crippen LogP contribution in [0.4, 0.5) is 13.2 Å². The summed E-state index contributed by atoms with van der Waals surface area (Å²) in [6.45, 7) is 0. The fourth-order valence-corrected chi connectivity index (χ4v) is 2.10. The van der Waals surface area contributed by atoms with Gasteiger partial charge < -0.3 is 9.26 Å². The minimum absolute atomic E-state index is 0.0972. The summed E-state index contributed by atoms with van der Waals surface area (Å²) in [5.74, 6) is -0.919. The van der Waals surface area contributed by atoms with Gasteiger partial charge in [0.25, 0.3) is 0 Å². The quantitative estimate of drug-likeness (QED) is 0.727. The Kier molecular flexibility index (Phi) is 4.20. The molecule has 0 saturated carbocycles. The van der Waals surface area contributed by atoms with Gasteiger partial charge in [-0.25, -0.2) is 4.98 Å². The Bertz CT molecular complexity index is 812. The van der Waals surface area contributed by atoms with Crippen LogP contribution in [-0.2, 0) is 12.6 Å². The third-order valence-corrected chi connectivity index (χ3v) is 3.30. The van der Waals surface area contributed by atoms with Crippen molar-refractivity contribution in [2.24, 2.45) is 0 Å². The van der Waals surface area contributed by atoms with E-state index in [4.69, 9.17) is 4.74 Å². The van der Waals surface area contributed by atoms with Gasteiger partial charge in [-0.3, -0.25) is 0 Å². The number of aromatic nitrogens is 3. The molecule has 0 radical (unpaired) electrons. The van der Waals surface area contributed by atoms with E-state index in [1.165, 1.54) is 0 Å². The van der Waals surface area contributed by atoms with E-state index in [0.717, 1.165) is 11.1 Å². The first-order valence-electron chi connectivity index (χ1n) is 6.95. The van der Waals surface area contributed by atoms with E-state index in [2.05, 4.69) is 19.6 Å². The Labute approximate surface area is 135 Å². The lowest BCUT2D eigenvalue weighted by molar-refractivity contribution is -0.159. The van der Waals surface area contributed by atoms with Gasteiger partial charge >= 0.3 is 12.1 Å². The molecule has 2 aromatic heterocycles. The second-order valence-electron chi connectivity index (χ2n) is 5.00. The molecule has 0 aliphatic rings. The summed E-state index contributed by atoms with van der Waals surface area (Å²) >= 11 is 0. The zero-order chi connectivity index (χ0) is 17.2. The molecule has 0 unspecified atom stereocenters. The van der Waals surface area contributed by atoms with Crippen LogP contribution in [-0.4, -0.2) is 22.2 Å². The van der Waals surface area contributed by atoms with Crippen molar-refractivity contribution in [3.8, 4) is 17.3 Å². The molecule has 2 heterocycles. The fourth-order valence-electron chi connectivity index (χ4n) is 2.10. The molecule has 0 fully saturated rings.